The summed E-state index contributed by atoms with van der Waals surface area (Å²) >= 11 is 11.6. The fourth-order valence-electron chi connectivity index (χ4n) is 4.07. The predicted octanol–water partition coefficient (Wildman–Crippen LogP) is 2.63. The highest BCUT2D eigenvalue weighted by atomic mass is 35.5. The number of benzene rings is 2. The molecule has 0 aliphatic carbocycles. The third-order valence-electron chi connectivity index (χ3n) is 6.09. The van der Waals surface area contributed by atoms with E-state index < -0.39 is 57.5 Å². The molecule has 41 heavy (non-hydrogen) atoms. The summed E-state index contributed by atoms with van der Waals surface area (Å²) in [5.41, 5.74) is -1.08. The van der Waals surface area contributed by atoms with E-state index in [-0.39, 0.29) is 35.4 Å². The average molecular weight is 646 g/mol. The van der Waals surface area contributed by atoms with E-state index in [9.17, 15) is 28.4 Å². The van der Waals surface area contributed by atoms with E-state index in [1.54, 1.807) is 24.3 Å². The number of non-ortho nitro benzene ring substituents is 1. The van der Waals surface area contributed by atoms with E-state index in [0.29, 0.717) is 5.02 Å². The van der Waals surface area contributed by atoms with Crippen LogP contribution in [0.15, 0.2) is 70.5 Å². The number of hydrogen-bond acceptors (Lipinski definition) is 13. The van der Waals surface area contributed by atoms with Crippen LogP contribution in [0.4, 0.5) is 5.69 Å². The summed E-state index contributed by atoms with van der Waals surface area (Å²) in [4.78, 5) is 26.5. The van der Waals surface area contributed by atoms with Gasteiger partial charge in [-0.3, -0.25) is 23.7 Å². The molecule has 18 heteroatoms. The van der Waals surface area contributed by atoms with Crippen LogP contribution in [0.2, 0.25) is 5.02 Å². The van der Waals surface area contributed by atoms with Gasteiger partial charge >= 0.3 is 12.4 Å². The van der Waals surface area contributed by atoms with Gasteiger partial charge in [-0.1, -0.05) is 23.7 Å². The topological polar surface area (TPSA) is 179 Å². The molecule has 2 aliphatic rings. The van der Waals surface area contributed by atoms with E-state index in [0.717, 1.165) is 28.8 Å². The lowest BCUT2D eigenvalue weighted by molar-refractivity contribution is -0.384. The first kappa shape index (κ1) is 29.5. The molecule has 5 atom stereocenters. The van der Waals surface area contributed by atoms with Crippen molar-refractivity contribution in [2.45, 2.75) is 29.4 Å². The zero-order valence-corrected chi connectivity index (χ0v) is 24.0. The summed E-state index contributed by atoms with van der Waals surface area (Å²) in [6.07, 6.45) is -2.97. The van der Waals surface area contributed by atoms with Crippen LogP contribution < -0.4 is 15.0 Å². The standard InChI is InChI=1S/C23H21ClN3O11PS2/c24-16-3-1-2-4-17(16)37-39(40)35-13-18-21(38-39)20(28)22(36-18)26-10-9-19(25-23(26)29)34-11-12-41(32,33)15-7-5-14(6-8-15)27(30)31/h1-10,18,20-22,28H,11-13H2/t18-,20?,21?,22-,39?/m1/s1. The number of nitro benzene ring substituents is 1. The lowest BCUT2D eigenvalue weighted by atomic mass is 10.1. The molecule has 14 nitrogen and oxygen atoms in total. The van der Waals surface area contributed by atoms with Gasteiger partial charge in [0.2, 0.25) is 5.88 Å². The van der Waals surface area contributed by atoms with Gasteiger partial charge in [0.1, 0.15) is 30.7 Å². The van der Waals surface area contributed by atoms with Crippen molar-refractivity contribution in [3.63, 3.8) is 0 Å². The minimum atomic E-state index is -3.82. The van der Waals surface area contributed by atoms with Crippen molar-refractivity contribution < 1.29 is 41.5 Å². The molecule has 2 saturated heterocycles. The molecular formula is C23H21ClN3O11PS2. The Hall–Kier alpha value is -2.95. The third kappa shape index (κ3) is 6.44. The van der Waals surface area contributed by atoms with Crippen molar-refractivity contribution in [1.82, 2.24) is 9.55 Å². The molecule has 0 bridgehead atoms. The van der Waals surface area contributed by atoms with Crippen LogP contribution in [0.1, 0.15) is 6.23 Å². The molecule has 3 unspecified atom stereocenters. The first-order valence-electron chi connectivity index (χ1n) is 11.9. The largest absolute Gasteiger partial charge is 0.476 e. The van der Waals surface area contributed by atoms with E-state index in [1.165, 1.54) is 12.3 Å². The maximum Gasteiger partial charge on any atom is 0.381 e. The van der Waals surface area contributed by atoms with Crippen LogP contribution in [0.25, 0.3) is 0 Å². The van der Waals surface area contributed by atoms with E-state index in [2.05, 4.69) is 4.98 Å². The van der Waals surface area contributed by atoms with Gasteiger partial charge in [-0.25, -0.2) is 13.2 Å². The third-order valence-corrected chi connectivity index (χ3v) is 10.3. The number of para-hydroxylation sites is 1. The molecule has 5 rings (SSSR count). The molecule has 0 radical (unpaired) electrons. The summed E-state index contributed by atoms with van der Waals surface area (Å²) < 4.78 is 54.4. The number of aliphatic hydroxyl groups is 1. The molecule has 0 amide bonds. The highest BCUT2D eigenvalue weighted by Crippen LogP contribution is 2.57. The van der Waals surface area contributed by atoms with E-state index in [4.69, 9.17) is 46.5 Å². The Labute approximate surface area is 242 Å². The minimum Gasteiger partial charge on any atom is -0.476 e. The van der Waals surface area contributed by atoms with Gasteiger partial charge in [-0.2, -0.15) is 4.98 Å². The number of fused-ring (bicyclic) bond motifs is 1. The van der Waals surface area contributed by atoms with Crippen molar-refractivity contribution in [3.8, 4) is 11.6 Å². The Morgan fingerprint density at radius 2 is 1.95 bits per heavy atom. The Morgan fingerprint density at radius 1 is 1.22 bits per heavy atom. The number of sulfone groups is 1. The normalized spacial score (nSPS) is 25.8. The summed E-state index contributed by atoms with van der Waals surface area (Å²) in [5, 5.41) is 22.0. The van der Waals surface area contributed by atoms with Crippen molar-refractivity contribution in [2.24, 2.45) is 0 Å². The van der Waals surface area contributed by atoms with Gasteiger partial charge < -0.3 is 19.1 Å². The molecular weight excluding hydrogens is 625 g/mol. The number of ether oxygens (including phenoxy) is 2. The molecule has 1 aromatic heterocycles. The fourth-order valence-corrected chi connectivity index (χ4v) is 7.55. The first-order valence-corrected chi connectivity index (χ1v) is 16.4. The molecule has 2 fully saturated rings. The van der Waals surface area contributed by atoms with Crippen LogP contribution in [-0.2, 0) is 35.4 Å². The highest BCUT2D eigenvalue weighted by Gasteiger charge is 2.52. The molecule has 3 heterocycles. The zero-order valence-electron chi connectivity index (χ0n) is 20.7. The zero-order chi connectivity index (χ0) is 29.4. The van der Waals surface area contributed by atoms with Gasteiger partial charge in [0, 0.05) is 36.2 Å². The van der Waals surface area contributed by atoms with Crippen molar-refractivity contribution >= 4 is 45.7 Å². The maximum absolute atomic E-state index is 12.7. The molecule has 0 spiro atoms. The Kier molecular flexibility index (Phi) is 8.46. The van der Waals surface area contributed by atoms with Crippen molar-refractivity contribution in [2.75, 3.05) is 19.0 Å². The molecule has 1 N–H and O–H groups in total. The quantitative estimate of drug-likeness (QED) is 0.204. The van der Waals surface area contributed by atoms with Gasteiger partial charge in [0.25, 0.3) is 5.69 Å². The second kappa shape index (κ2) is 11.7. The number of rotatable bonds is 9. The number of nitro groups is 1. The van der Waals surface area contributed by atoms with Crippen molar-refractivity contribution in [3.05, 3.63) is 86.4 Å². The fraction of sp³-hybridized carbons (Fsp3) is 0.304. The van der Waals surface area contributed by atoms with Gasteiger partial charge in [-0.15, -0.1) is 0 Å². The SMILES string of the molecule is O=c1nc(OCCS(=O)(=O)c2ccc([N+](=O)[O-])cc2)ccn1[C@@H]1O[C@@H]2COP(=S)(Oc3ccccc3Cl)OC2C1O. The molecule has 218 valence electrons. The monoisotopic (exact) mass is 645 g/mol. The molecule has 3 aromatic rings. The highest BCUT2D eigenvalue weighted by molar-refractivity contribution is 8.07. The Morgan fingerprint density at radius 3 is 2.63 bits per heavy atom. The van der Waals surface area contributed by atoms with Crippen LogP contribution in [-0.4, -0.2) is 65.3 Å². The van der Waals surface area contributed by atoms with Crippen LogP contribution in [0.3, 0.4) is 0 Å². The number of aliphatic hydroxyl groups excluding tert-OH is 1. The first-order chi connectivity index (χ1) is 19.5. The second-order valence-corrected chi connectivity index (χ2v) is 14.2. The lowest BCUT2D eigenvalue weighted by Crippen LogP contribution is -2.40. The Balaban J connectivity index is 1.21. The van der Waals surface area contributed by atoms with Crippen molar-refractivity contribution in [1.29, 1.82) is 0 Å². The Bertz CT molecular complexity index is 1670. The van der Waals surface area contributed by atoms with Crippen LogP contribution in [0.5, 0.6) is 11.6 Å². The summed E-state index contributed by atoms with van der Waals surface area (Å²) in [6.45, 7) is -3.76. The van der Waals surface area contributed by atoms with Crippen LogP contribution >= 0.6 is 18.3 Å². The van der Waals surface area contributed by atoms with Gasteiger partial charge in [-0.05, 0) is 24.3 Å². The summed E-state index contributed by atoms with van der Waals surface area (Å²) in [6, 6.07) is 12.4. The predicted molar refractivity (Wildman–Crippen MR) is 146 cm³/mol. The number of aromatic nitrogens is 2. The second-order valence-electron chi connectivity index (χ2n) is 8.76. The van der Waals surface area contributed by atoms with Crippen LogP contribution in [0, 0.1) is 10.1 Å². The average Bonchev–Trinajstić information content (AvgIpc) is 3.25. The summed E-state index contributed by atoms with van der Waals surface area (Å²) in [5.74, 6) is -0.362. The molecule has 0 saturated carbocycles. The maximum atomic E-state index is 12.7. The van der Waals surface area contributed by atoms with Gasteiger partial charge in [0.05, 0.1) is 27.2 Å². The lowest BCUT2D eigenvalue weighted by Gasteiger charge is -2.33. The molecule has 2 aliphatic heterocycles. The summed E-state index contributed by atoms with van der Waals surface area (Å²) in [7, 11) is -3.82. The van der Waals surface area contributed by atoms with Gasteiger partial charge in [0.15, 0.2) is 16.1 Å². The molecule has 2 aromatic carbocycles. The minimum absolute atomic E-state index is 0.0629. The van der Waals surface area contributed by atoms with E-state index >= 15 is 0 Å². The smallest absolute Gasteiger partial charge is 0.381 e. The number of nitrogens with zero attached hydrogens (tertiary/aromatic N) is 3. The number of hydrogen-bond donors (Lipinski definition) is 1. The number of halogens is 1. The van der Waals surface area contributed by atoms with E-state index in [1.807, 2.05) is 0 Å².